The summed E-state index contributed by atoms with van der Waals surface area (Å²) in [5.41, 5.74) is 1.95. The van der Waals surface area contributed by atoms with E-state index in [0.717, 1.165) is 16.5 Å². The largest absolute Gasteiger partial charge is 0.475 e. The highest BCUT2D eigenvalue weighted by molar-refractivity contribution is 9.09. The van der Waals surface area contributed by atoms with Crippen LogP contribution in [0.5, 0.6) is 0 Å². The second kappa shape index (κ2) is 5.69. The lowest BCUT2D eigenvalue weighted by Crippen LogP contribution is -1.91. The van der Waals surface area contributed by atoms with Crippen molar-refractivity contribution in [3.63, 3.8) is 0 Å². The second-order valence-electron chi connectivity index (χ2n) is 3.65. The van der Waals surface area contributed by atoms with Gasteiger partial charge in [-0.15, -0.1) is 0 Å². The van der Waals surface area contributed by atoms with Crippen molar-refractivity contribution in [2.24, 2.45) is 0 Å². The van der Waals surface area contributed by atoms with Crippen LogP contribution in [0.4, 0.5) is 0 Å². The average Bonchev–Trinajstić information content (AvgIpc) is 2.87. The maximum absolute atomic E-state index is 10.7. The van der Waals surface area contributed by atoms with Crippen molar-refractivity contribution < 1.29 is 14.3 Å². The van der Waals surface area contributed by atoms with E-state index in [-0.39, 0.29) is 5.76 Å². The van der Waals surface area contributed by atoms with Crippen molar-refractivity contribution in [3.05, 3.63) is 53.8 Å². The number of carboxylic acids is 1. The number of carboxylic acid groups (broad SMARTS) is 1. The van der Waals surface area contributed by atoms with E-state index in [2.05, 4.69) is 15.9 Å². The molecule has 1 aromatic heterocycles. The maximum Gasteiger partial charge on any atom is 0.371 e. The summed E-state index contributed by atoms with van der Waals surface area (Å²) in [7, 11) is 0. The van der Waals surface area contributed by atoms with Crippen LogP contribution in [0.15, 0.2) is 46.9 Å². The van der Waals surface area contributed by atoms with Gasteiger partial charge in [0.15, 0.2) is 0 Å². The zero-order chi connectivity index (χ0) is 13.0. The third kappa shape index (κ3) is 2.90. The van der Waals surface area contributed by atoms with Gasteiger partial charge in [-0.25, -0.2) is 4.79 Å². The molecule has 92 valence electrons. The molecule has 0 saturated carbocycles. The van der Waals surface area contributed by atoms with E-state index in [9.17, 15) is 4.79 Å². The zero-order valence-electron chi connectivity index (χ0n) is 9.47. The molecule has 1 aromatic carbocycles. The summed E-state index contributed by atoms with van der Waals surface area (Å²) in [6.07, 6.45) is 4.01. The van der Waals surface area contributed by atoms with Crippen LogP contribution >= 0.6 is 15.9 Å². The maximum atomic E-state index is 10.7. The van der Waals surface area contributed by atoms with E-state index in [1.54, 1.807) is 6.07 Å². The number of hydrogen-bond acceptors (Lipinski definition) is 2. The Labute approximate surface area is 113 Å². The van der Waals surface area contributed by atoms with E-state index in [1.807, 2.05) is 36.4 Å². The Morgan fingerprint density at radius 1 is 1.22 bits per heavy atom. The number of hydrogen-bond donors (Lipinski definition) is 1. The van der Waals surface area contributed by atoms with Crippen molar-refractivity contribution >= 4 is 28.0 Å². The topological polar surface area (TPSA) is 50.4 Å². The van der Waals surface area contributed by atoms with Gasteiger partial charge in [-0.3, -0.25) is 0 Å². The molecule has 2 rings (SSSR count). The lowest BCUT2D eigenvalue weighted by molar-refractivity contribution is 0.0663. The van der Waals surface area contributed by atoms with Gasteiger partial charge in [0.2, 0.25) is 5.76 Å². The van der Waals surface area contributed by atoms with Crippen LogP contribution in [0.2, 0.25) is 0 Å². The van der Waals surface area contributed by atoms with E-state index < -0.39 is 5.97 Å². The average molecular weight is 307 g/mol. The van der Waals surface area contributed by atoms with Crippen molar-refractivity contribution in [2.45, 2.75) is 0 Å². The Bertz CT molecular complexity index is 567. The number of rotatable bonds is 4. The first kappa shape index (κ1) is 12.6. The number of halogens is 1. The normalized spacial score (nSPS) is 10.9. The molecule has 4 heteroatoms. The van der Waals surface area contributed by atoms with Crippen molar-refractivity contribution in [3.8, 4) is 11.3 Å². The molecule has 0 fully saturated rings. The van der Waals surface area contributed by atoms with Gasteiger partial charge in [-0.1, -0.05) is 52.3 Å². The molecule has 3 nitrogen and oxygen atoms in total. The minimum atomic E-state index is -1.06. The molecule has 18 heavy (non-hydrogen) atoms. The highest BCUT2D eigenvalue weighted by atomic mass is 79.9. The summed E-state index contributed by atoms with van der Waals surface area (Å²) in [6.45, 7) is 0. The second-order valence-corrected chi connectivity index (χ2v) is 4.30. The predicted molar refractivity (Wildman–Crippen MR) is 73.9 cm³/mol. The minimum absolute atomic E-state index is 0.0479. The van der Waals surface area contributed by atoms with Gasteiger partial charge in [0.25, 0.3) is 0 Å². The highest BCUT2D eigenvalue weighted by Gasteiger charge is 2.09. The van der Waals surface area contributed by atoms with Crippen LogP contribution in [0.25, 0.3) is 17.4 Å². The number of benzene rings is 1. The summed E-state index contributed by atoms with van der Waals surface area (Å²) in [4.78, 5) is 10.7. The van der Waals surface area contributed by atoms with Crippen LogP contribution < -0.4 is 0 Å². The van der Waals surface area contributed by atoms with Gasteiger partial charge in [0, 0.05) is 10.9 Å². The molecule has 1 heterocycles. The smallest absolute Gasteiger partial charge is 0.371 e. The molecular weight excluding hydrogens is 296 g/mol. The third-order valence-corrected chi connectivity index (χ3v) is 2.79. The summed E-state index contributed by atoms with van der Waals surface area (Å²) in [5.74, 6) is -0.546. The molecule has 2 aromatic rings. The first-order valence-corrected chi connectivity index (χ1v) is 6.49. The van der Waals surface area contributed by atoms with E-state index in [0.29, 0.717) is 5.76 Å². The summed E-state index contributed by atoms with van der Waals surface area (Å²) in [5, 5.41) is 9.59. The molecule has 1 N–H and O–H groups in total. The van der Waals surface area contributed by atoms with Crippen LogP contribution in [0.1, 0.15) is 16.1 Å². The number of alkyl halides is 1. The fourth-order valence-electron chi connectivity index (χ4n) is 1.55. The third-order valence-electron chi connectivity index (χ3n) is 2.41. The monoisotopic (exact) mass is 306 g/mol. The molecule has 0 saturated heterocycles. The van der Waals surface area contributed by atoms with Gasteiger partial charge in [-0.05, 0) is 17.7 Å². The molecule has 0 bridgehead atoms. The first-order valence-electron chi connectivity index (χ1n) is 5.37. The number of carbonyl (C=O) groups is 1. The summed E-state index contributed by atoms with van der Waals surface area (Å²) in [6, 6.07) is 10.8. The van der Waals surface area contributed by atoms with Crippen molar-refractivity contribution in [1.29, 1.82) is 0 Å². The number of aromatic carboxylic acids is 1. The lowest BCUT2D eigenvalue weighted by atomic mass is 10.1. The molecule has 0 spiro atoms. The fourth-order valence-corrected chi connectivity index (χ4v) is 1.73. The predicted octanol–water partition coefficient (Wildman–Crippen LogP) is 4.05. The van der Waals surface area contributed by atoms with E-state index in [4.69, 9.17) is 9.52 Å². The zero-order valence-corrected chi connectivity index (χ0v) is 11.1. The minimum Gasteiger partial charge on any atom is -0.475 e. The van der Waals surface area contributed by atoms with Gasteiger partial charge in [-0.2, -0.15) is 0 Å². The van der Waals surface area contributed by atoms with Crippen LogP contribution in [-0.2, 0) is 0 Å². The molecule has 0 aliphatic heterocycles. The molecule has 0 amide bonds. The van der Waals surface area contributed by atoms with Crippen LogP contribution in [0.3, 0.4) is 0 Å². The SMILES string of the molecule is O=C(O)c1ccc(-c2ccc(C=CCBr)cc2)o1. The van der Waals surface area contributed by atoms with Crippen LogP contribution in [0, 0.1) is 0 Å². The summed E-state index contributed by atoms with van der Waals surface area (Å²) >= 11 is 3.32. The Morgan fingerprint density at radius 3 is 2.50 bits per heavy atom. The fraction of sp³-hybridized carbons (Fsp3) is 0.0714. The van der Waals surface area contributed by atoms with Crippen LogP contribution in [-0.4, -0.2) is 16.4 Å². The van der Waals surface area contributed by atoms with E-state index in [1.165, 1.54) is 6.07 Å². The Kier molecular flexibility index (Phi) is 3.99. The molecule has 0 unspecified atom stereocenters. The highest BCUT2D eigenvalue weighted by Crippen LogP contribution is 2.22. The van der Waals surface area contributed by atoms with Gasteiger partial charge in [0.05, 0.1) is 0 Å². The molecular formula is C14H11BrO3. The molecule has 0 aliphatic carbocycles. The lowest BCUT2D eigenvalue weighted by Gasteiger charge is -1.98. The first-order chi connectivity index (χ1) is 8.70. The quantitative estimate of drug-likeness (QED) is 0.867. The van der Waals surface area contributed by atoms with Crippen molar-refractivity contribution in [1.82, 2.24) is 0 Å². The Hall–Kier alpha value is -1.81. The Morgan fingerprint density at radius 2 is 1.94 bits per heavy atom. The van der Waals surface area contributed by atoms with Gasteiger partial charge >= 0.3 is 5.97 Å². The Balaban J connectivity index is 2.23. The van der Waals surface area contributed by atoms with E-state index >= 15 is 0 Å². The van der Waals surface area contributed by atoms with Gasteiger partial charge in [0.1, 0.15) is 5.76 Å². The number of allylic oxidation sites excluding steroid dienone is 1. The summed E-state index contributed by atoms with van der Waals surface area (Å²) < 4.78 is 5.23. The molecule has 0 radical (unpaired) electrons. The standard InChI is InChI=1S/C14H11BrO3/c15-9-1-2-10-3-5-11(6-4-10)12-7-8-13(18-12)14(16)17/h1-8H,9H2,(H,16,17). The molecule has 0 aliphatic rings. The number of furan rings is 1. The molecule has 0 atom stereocenters. The van der Waals surface area contributed by atoms with Gasteiger partial charge < -0.3 is 9.52 Å². The van der Waals surface area contributed by atoms with Crippen molar-refractivity contribution in [2.75, 3.05) is 5.33 Å².